The van der Waals surface area contributed by atoms with Crippen molar-refractivity contribution in [2.24, 2.45) is 11.3 Å². The number of rotatable bonds is 4. The average Bonchev–Trinajstić information content (AvgIpc) is 2.15. The summed E-state index contributed by atoms with van der Waals surface area (Å²) in [7, 11) is 2.25. The molecule has 0 aromatic carbocycles. The van der Waals surface area contributed by atoms with Crippen molar-refractivity contribution in [2.75, 3.05) is 33.2 Å². The van der Waals surface area contributed by atoms with E-state index in [2.05, 4.69) is 38.0 Å². The minimum atomic E-state index is 0.449. The molecule has 0 amide bonds. The van der Waals surface area contributed by atoms with Crippen molar-refractivity contribution in [3.05, 3.63) is 0 Å². The molecule has 0 aromatic rings. The predicted molar refractivity (Wildman–Crippen MR) is 62.5 cm³/mol. The van der Waals surface area contributed by atoms with Crippen molar-refractivity contribution in [1.82, 2.24) is 10.2 Å². The first-order valence-electron chi connectivity index (χ1n) is 5.95. The molecule has 1 saturated heterocycles. The first-order valence-corrected chi connectivity index (χ1v) is 5.95. The number of likely N-dealkylation sites (tertiary alicyclic amines) is 1. The van der Waals surface area contributed by atoms with Gasteiger partial charge in [-0.1, -0.05) is 20.8 Å². The van der Waals surface area contributed by atoms with E-state index in [0.29, 0.717) is 5.41 Å². The predicted octanol–water partition coefficient (Wildman–Crippen LogP) is 1.96. The van der Waals surface area contributed by atoms with Crippen molar-refractivity contribution >= 4 is 0 Å². The molecule has 14 heavy (non-hydrogen) atoms. The Morgan fingerprint density at radius 2 is 2.14 bits per heavy atom. The lowest BCUT2D eigenvalue weighted by Gasteiger charge is -2.40. The third kappa shape index (κ3) is 3.25. The second-order valence-corrected chi connectivity index (χ2v) is 5.37. The summed E-state index contributed by atoms with van der Waals surface area (Å²) in [4.78, 5) is 2.47. The zero-order valence-electron chi connectivity index (χ0n) is 10.3. The zero-order chi connectivity index (χ0) is 10.6. The first kappa shape index (κ1) is 12.0. The molecule has 0 saturated carbocycles. The second kappa shape index (κ2) is 5.13. The van der Waals surface area contributed by atoms with Gasteiger partial charge >= 0.3 is 0 Å². The van der Waals surface area contributed by atoms with Crippen LogP contribution in [0.1, 0.15) is 33.6 Å². The topological polar surface area (TPSA) is 15.3 Å². The van der Waals surface area contributed by atoms with Crippen LogP contribution in [-0.2, 0) is 0 Å². The van der Waals surface area contributed by atoms with E-state index < -0.39 is 0 Å². The molecule has 84 valence electrons. The molecule has 1 rings (SSSR count). The van der Waals surface area contributed by atoms with Crippen LogP contribution >= 0.6 is 0 Å². The average molecular weight is 198 g/mol. The van der Waals surface area contributed by atoms with E-state index >= 15 is 0 Å². The molecule has 1 fully saturated rings. The van der Waals surface area contributed by atoms with Crippen molar-refractivity contribution in [1.29, 1.82) is 0 Å². The SMILES string of the molecule is CCNCC(C)(C)C1CCCN(C)C1. The Hall–Kier alpha value is -0.0800. The van der Waals surface area contributed by atoms with Gasteiger partial charge in [-0.25, -0.2) is 0 Å². The molecular weight excluding hydrogens is 172 g/mol. The lowest BCUT2D eigenvalue weighted by atomic mass is 9.74. The van der Waals surface area contributed by atoms with Gasteiger partial charge in [0.2, 0.25) is 0 Å². The minimum absolute atomic E-state index is 0.449. The highest BCUT2D eigenvalue weighted by molar-refractivity contribution is 4.84. The summed E-state index contributed by atoms with van der Waals surface area (Å²) in [6.45, 7) is 11.8. The van der Waals surface area contributed by atoms with Crippen LogP contribution < -0.4 is 5.32 Å². The first-order chi connectivity index (χ1) is 6.56. The van der Waals surface area contributed by atoms with Crippen LogP contribution in [0.3, 0.4) is 0 Å². The molecule has 1 aliphatic heterocycles. The Morgan fingerprint density at radius 1 is 1.43 bits per heavy atom. The van der Waals surface area contributed by atoms with Crippen LogP contribution in [0.25, 0.3) is 0 Å². The third-order valence-corrected chi connectivity index (χ3v) is 3.56. The monoisotopic (exact) mass is 198 g/mol. The van der Waals surface area contributed by atoms with Crippen LogP contribution in [-0.4, -0.2) is 38.1 Å². The molecule has 2 nitrogen and oxygen atoms in total. The molecule has 1 N–H and O–H groups in total. The number of hydrogen-bond acceptors (Lipinski definition) is 2. The highest BCUT2D eigenvalue weighted by atomic mass is 15.1. The third-order valence-electron chi connectivity index (χ3n) is 3.56. The summed E-state index contributed by atoms with van der Waals surface area (Å²) < 4.78 is 0. The Labute approximate surface area is 89.1 Å². The summed E-state index contributed by atoms with van der Waals surface area (Å²) in [5.41, 5.74) is 0.449. The van der Waals surface area contributed by atoms with E-state index in [1.165, 1.54) is 25.9 Å². The normalized spacial score (nSPS) is 25.3. The Kier molecular flexibility index (Phi) is 4.39. The highest BCUT2D eigenvalue weighted by Crippen LogP contribution is 2.32. The standard InChI is InChI=1S/C12H26N2/c1-5-13-10-12(2,3)11-7-6-8-14(4)9-11/h11,13H,5-10H2,1-4H3. The zero-order valence-corrected chi connectivity index (χ0v) is 10.3. The fraction of sp³-hybridized carbons (Fsp3) is 1.00. The number of hydrogen-bond donors (Lipinski definition) is 1. The van der Waals surface area contributed by atoms with Crippen LogP contribution in [0.4, 0.5) is 0 Å². The van der Waals surface area contributed by atoms with Crippen LogP contribution in [0.15, 0.2) is 0 Å². The van der Waals surface area contributed by atoms with Crippen molar-refractivity contribution in [3.8, 4) is 0 Å². The molecule has 0 spiro atoms. The molecule has 0 aromatic heterocycles. The molecule has 1 heterocycles. The molecule has 2 heteroatoms. The van der Waals surface area contributed by atoms with Gasteiger partial charge in [0.15, 0.2) is 0 Å². The van der Waals surface area contributed by atoms with Gasteiger partial charge in [-0.3, -0.25) is 0 Å². The van der Waals surface area contributed by atoms with E-state index in [1.807, 2.05) is 0 Å². The van der Waals surface area contributed by atoms with Gasteiger partial charge in [0.25, 0.3) is 0 Å². The largest absolute Gasteiger partial charge is 0.316 e. The molecular formula is C12H26N2. The van der Waals surface area contributed by atoms with E-state index in [-0.39, 0.29) is 0 Å². The van der Waals surface area contributed by atoms with Crippen molar-refractivity contribution in [2.45, 2.75) is 33.6 Å². The van der Waals surface area contributed by atoms with Crippen LogP contribution in [0, 0.1) is 11.3 Å². The lowest BCUT2D eigenvalue weighted by Crippen LogP contribution is -2.44. The maximum absolute atomic E-state index is 3.48. The number of piperidine rings is 1. The summed E-state index contributed by atoms with van der Waals surface area (Å²) in [5.74, 6) is 0.861. The lowest BCUT2D eigenvalue weighted by molar-refractivity contribution is 0.103. The van der Waals surface area contributed by atoms with Gasteiger partial charge < -0.3 is 10.2 Å². The highest BCUT2D eigenvalue weighted by Gasteiger charge is 2.31. The molecule has 1 atom stereocenters. The van der Waals surface area contributed by atoms with E-state index in [1.54, 1.807) is 0 Å². The number of nitrogens with one attached hydrogen (secondary N) is 1. The van der Waals surface area contributed by atoms with Crippen LogP contribution in [0.5, 0.6) is 0 Å². The Balaban J connectivity index is 2.43. The van der Waals surface area contributed by atoms with E-state index in [0.717, 1.165) is 19.0 Å². The maximum Gasteiger partial charge on any atom is 0.00122 e. The van der Waals surface area contributed by atoms with E-state index in [9.17, 15) is 0 Å². The van der Waals surface area contributed by atoms with Gasteiger partial charge in [-0.05, 0) is 44.3 Å². The quantitative estimate of drug-likeness (QED) is 0.743. The van der Waals surface area contributed by atoms with Gasteiger partial charge in [0.05, 0.1) is 0 Å². The molecule has 0 aliphatic carbocycles. The number of nitrogens with zero attached hydrogens (tertiary/aromatic N) is 1. The van der Waals surface area contributed by atoms with Gasteiger partial charge in [-0.15, -0.1) is 0 Å². The van der Waals surface area contributed by atoms with Gasteiger partial charge in [-0.2, -0.15) is 0 Å². The maximum atomic E-state index is 3.48. The minimum Gasteiger partial charge on any atom is -0.316 e. The molecule has 0 radical (unpaired) electrons. The fourth-order valence-electron chi connectivity index (χ4n) is 2.40. The summed E-state index contributed by atoms with van der Waals surface area (Å²) in [6, 6.07) is 0. The second-order valence-electron chi connectivity index (χ2n) is 5.37. The Bertz CT molecular complexity index is 166. The molecule has 0 bridgehead atoms. The van der Waals surface area contributed by atoms with Gasteiger partial charge in [0.1, 0.15) is 0 Å². The van der Waals surface area contributed by atoms with Crippen LogP contribution in [0.2, 0.25) is 0 Å². The Morgan fingerprint density at radius 3 is 2.71 bits per heavy atom. The van der Waals surface area contributed by atoms with Crippen molar-refractivity contribution < 1.29 is 0 Å². The van der Waals surface area contributed by atoms with Gasteiger partial charge in [0, 0.05) is 13.1 Å². The fourth-order valence-corrected chi connectivity index (χ4v) is 2.40. The molecule has 1 unspecified atom stereocenters. The summed E-state index contributed by atoms with van der Waals surface area (Å²) >= 11 is 0. The van der Waals surface area contributed by atoms with E-state index in [4.69, 9.17) is 0 Å². The smallest absolute Gasteiger partial charge is 0.00122 e. The summed E-state index contributed by atoms with van der Waals surface area (Å²) in [6.07, 6.45) is 2.78. The molecule has 1 aliphatic rings. The van der Waals surface area contributed by atoms with Crippen molar-refractivity contribution in [3.63, 3.8) is 0 Å². The summed E-state index contributed by atoms with van der Waals surface area (Å²) in [5, 5.41) is 3.48.